The molecular weight excluding hydrogens is 324 g/mol. The highest BCUT2D eigenvalue weighted by atomic mass is 16.3. The summed E-state index contributed by atoms with van der Waals surface area (Å²) in [4.78, 5) is 4.46. The predicted octanol–water partition coefficient (Wildman–Crippen LogP) is 1.01. The van der Waals surface area contributed by atoms with Crippen LogP contribution in [-0.4, -0.2) is 39.4 Å². The van der Waals surface area contributed by atoms with Crippen LogP contribution in [0, 0.1) is 0 Å². The molecule has 4 nitrogen and oxygen atoms in total. The molecule has 0 unspecified atom stereocenters. The van der Waals surface area contributed by atoms with Gasteiger partial charge >= 0.3 is 0 Å². The summed E-state index contributed by atoms with van der Waals surface area (Å²) >= 11 is 0. The van der Waals surface area contributed by atoms with Gasteiger partial charge in [0.15, 0.2) is 0 Å². The van der Waals surface area contributed by atoms with E-state index in [2.05, 4.69) is 48.2 Å². The fourth-order valence-electron chi connectivity index (χ4n) is 5.02. The van der Waals surface area contributed by atoms with Crippen molar-refractivity contribution in [3.8, 4) is 0 Å². The Kier molecular flexibility index (Phi) is 3.56. The molecule has 1 fully saturated rings. The Balaban J connectivity index is 1.41. The van der Waals surface area contributed by atoms with Crippen LogP contribution in [0.25, 0.3) is 0 Å². The summed E-state index contributed by atoms with van der Waals surface area (Å²) in [6.45, 7) is 2.02. The van der Waals surface area contributed by atoms with E-state index in [1.165, 1.54) is 22.5 Å². The fraction of sp³-hybridized carbons (Fsp3) is 0.455. The molecule has 0 radical (unpaired) electrons. The van der Waals surface area contributed by atoms with Crippen LogP contribution >= 0.6 is 0 Å². The monoisotopic (exact) mass is 348 g/mol. The average molecular weight is 348 g/mol. The van der Waals surface area contributed by atoms with E-state index in [1.54, 1.807) is 0 Å². The number of likely N-dealkylation sites (N-methyl/N-ethyl adjacent to an activating group) is 2. The Morgan fingerprint density at radius 1 is 0.731 bits per heavy atom. The molecule has 3 aliphatic rings. The lowest BCUT2D eigenvalue weighted by molar-refractivity contribution is -0.536. The van der Waals surface area contributed by atoms with Gasteiger partial charge in [-0.1, -0.05) is 24.3 Å². The molecule has 1 aliphatic carbocycles. The predicted molar refractivity (Wildman–Crippen MR) is 99.9 cm³/mol. The molecule has 2 aliphatic heterocycles. The maximum absolute atomic E-state index is 13.0. The van der Waals surface area contributed by atoms with E-state index in [-0.39, 0.29) is 0 Å². The Bertz CT molecular complexity index is 786. The average Bonchev–Trinajstić information content (AvgIpc) is 3.18. The molecule has 136 valence electrons. The van der Waals surface area contributed by atoms with Gasteiger partial charge in [0.1, 0.15) is 0 Å². The molecule has 0 aromatic heterocycles. The molecule has 26 heavy (non-hydrogen) atoms. The molecule has 1 saturated carbocycles. The molecule has 0 N–H and O–H groups in total. The van der Waals surface area contributed by atoms with Gasteiger partial charge in [-0.2, -0.15) is 0 Å². The molecule has 0 atom stereocenters. The summed E-state index contributed by atoms with van der Waals surface area (Å²) in [7, 11) is 4.17. The number of rotatable bonds is 2. The normalized spacial score (nSPS) is 29.5. The molecule has 0 spiro atoms. The molecule has 0 bridgehead atoms. The van der Waals surface area contributed by atoms with E-state index in [4.69, 9.17) is 0 Å². The third-order valence-electron chi connectivity index (χ3n) is 6.65. The highest BCUT2D eigenvalue weighted by molar-refractivity contribution is 5.61. The van der Waals surface area contributed by atoms with Crippen molar-refractivity contribution in [2.24, 2.45) is 0 Å². The summed E-state index contributed by atoms with van der Waals surface area (Å²) < 4.78 is 0. The van der Waals surface area contributed by atoms with Crippen molar-refractivity contribution in [2.75, 3.05) is 37.0 Å². The molecule has 2 aromatic rings. The standard InChI is InChI=1S/C22H24N2O2/c1-23-9-7-13-11-15(3-5-17(13)23)19-21(25)20(22(19)26)16-4-6-18-14(12-16)8-10-24(18)2/h3-6,11-12,19-22H,7-10H2,1-2H3/q-2. The van der Waals surface area contributed by atoms with E-state index in [9.17, 15) is 10.2 Å². The fourth-order valence-corrected chi connectivity index (χ4v) is 5.02. The maximum atomic E-state index is 13.0. The van der Waals surface area contributed by atoms with Crippen LogP contribution in [0.4, 0.5) is 11.4 Å². The van der Waals surface area contributed by atoms with E-state index >= 15 is 0 Å². The molecular formula is C22H24N2O2-2. The van der Waals surface area contributed by atoms with Gasteiger partial charge in [-0.05, 0) is 59.1 Å². The third-order valence-corrected chi connectivity index (χ3v) is 6.65. The zero-order valence-corrected chi connectivity index (χ0v) is 15.3. The van der Waals surface area contributed by atoms with Crippen molar-refractivity contribution < 1.29 is 10.2 Å². The van der Waals surface area contributed by atoms with Gasteiger partial charge in [-0.25, -0.2) is 0 Å². The van der Waals surface area contributed by atoms with Crippen molar-refractivity contribution in [2.45, 2.75) is 36.9 Å². The molecule has 2 heterocycles. The highest BCUT2D eigenvalue weighted by Crippen LogP contribution is 2.47. The first kappa shape index (κ1) is 16.2. The first-order valence-electron chi connectivity index (χ1n) is 9.54. The SMILES string of the molecule is CN1CCc2cc(C3C([O-])C(c4ccc5c(c4)CCN5C)C3[O-])ccc21. The van der Waals surface area contributed by atoms with Gasteiger partial charge in [0.25, 0.3) is 0 Å². The van der Waals surface area contributed by atoms with E-state index in [0.29, 0.717) is 0 Å². The largest absolute Gasteiger partial charge is 0.851 e. The van der Waals surface area contributed by atoms with E-state index in [1.807, 2.05) is 12.1 Å². The Labute approximate surface area is 154 Å². The second-order valence-electron chi connectivity index (χ2n) is 8.10. The van der Waals surface area contributed by atoms with Gasteiger partial charge in [0.2, 0.25) is 0 Å². The van der Waals surface area contributed by atoms with Gasteiger partial charge in [-0.15, -0.1) is 12.2 Å². The van der Waals surface area contributed by atoms with Crippen molar-refractivity contribution in [1.29, 1.82) is 0 Å². The molecule has 4 heteroatoms. The minimum Gasteiger partial charge on any atom is -0.851 e. The molecule has 0 saturated heterocycles. The van der Waals surface area contributed by atoms with Crippen LogP contribution in [0.2, 0.25) is 0 Å². The van der Waals surface area contributed by atoms with Gasteiger partial charge in [-0.3, -0.25) is 0 Å². The smallest absolute Gasteiger partial charge is 0.0397 e. The second kappa shape index (κ2) is 5.73. The first-order chi connectivity index (χ1) is 12.5. The van der Waals surface area contributed by atoms with Crippen LogP contribution in [0.5, 0.6) is 0 Å². The maximum Gasteiger partial charge on any atom is 0.0397 e. The number of fused-ring (bicyclic) bond motifs is 2. The van der Waals surface area contributed by atoms with E-state index < -0.39 is 24.0 Å². The minimum absolute atomic E-state index is 0.410. The second-order valence-corrected chi connectivity index (χ2v) is 8.10. The Hall–Kier alpha value is -2.04. The van der Waals surface area contributed by atoms with Crippen molar-refractivity contribution >= 4 is 11.4 Å². The van der Waals surface area contributed by atoms with Crippen molar-refractivity contribution in [3.63, 3.8) is 0 Å². The molecule has 5 rings (SSSR count). The molecule has 2 aromatic carbocycles. The van der Waals surface area contributed by atoms with Crippen LogP contribution in [0.1, 0.15) is 34.1 Å². The number of anilines is 2. The van der Waals surface area contributed by atoms with E-state index in [0.717, 1.165) is 37.1 Å². The number of hydrogen-bond acceptors (Lipinski definition) is 4. The zero-order valence-electron chi connectivity index (χ0n) is 15.3. The van der Waals surface area contributed by atoms with Crippen LogP contribution in [0.15, 0.2) is 36.4 Å². The summed E-state index contributed by atoms with van der Waals surface area (Å²) in [6, 6.07) is 12.4. The first-order valence-corrected chi connectivity index (χ1v) is 9.54. The summed E-state index contributed by atoms with van der Waals surface area (Å²) in [5.74, 6) is -0.820. The lowest BCUT2D eigenvalue weighted by Crippen LogP contribution is -2.63. The van der Waals surface area contributed by atoms with Crippen LogP contribution in [-0.2, 0) is 12.8 Å². The van der Waals surface area contributed by atoms with Crippen LogP contribution in [0.3, 0.4) is 0 Å². The summed E-state index contributed by atoms with van der Waals surface area (Å²) in [5, 5.41) is 25.9. The van der Waals surface area contributed by atoms with Gasteiger partial charge < -0.3 is 20.0 Å². The topological polar surface area (TPSA) is 52.6 Å². The lowest BCUT2D eigenvalue weighted by Gasteiger charge is -2.62. The van der Waals surface area contributed by atoms with Crippen molar-refractivity contribution in [3.05, 3.63) is 58.7 Å². The Morgan fingerprint density at radius 3 is 1.58 bits per heavy atom. The molecule has 0 amide bonds. The lowest BCUT2D eigenvalue weighted by atomic mass is 9.63. The van der Waals surface area contributed by atoms with Crippen LogP contribution < -0.4 is 20.0 Å². The zero-order chi connectivity index (χ0) is 18.0. The van der Waals surface area contributed by atoms with Gasteiger partial charge in [0.05, 0.1) is 0 Å². The number of hydrogen-bond donors (Lipinski definition) is 0. The number of benzene rings is 2. The summed E-state index contributed by atoms with van der Waals surface area (Å²) in [5.41, 5.74) is 6.89. The Morgan fingerprint density at radius 2 is 1.15 bits per heavy atom. The number of nitrogens with zero attached hydrogens (tertiary/aromatic N) is 2. The highest BCUT2D eigenvalue weighted by Gasteiger charge is 2.39. The third kappa shape index (κ3) is 2.22. The summed E-state index contributed by atoms with van der Waals surface area (Å²) in [6.07, 6.45) is 0.321. The van der Waals surface area contributed by atoms with Gasteiger partial charge in [0, 0.05) is 38.6 Å². The van der Waals surface area contributed by atoms with Crippen molar-refractivity contribution in [1.82, 2.24) is 0 Å². The minimum atomic E-state index is -0.841. The quantitative estimate of drug-likeness (QED) is 0.813.